The minimum atomic E-state index is 0.343. The van der Waals surface area contributed by atoms with Crippen molar-refractivity contribution < 1.29 is 4.74 Å². The zero-order valence-electron chi connectivity index (χ0n) is 16.9. The van der Waals surface area contributed by atoms with E-state index in [1.165, 1.54) is 16.7 Å². The number of aryl methyl sites for hydroxylation is 1. The lowest BCUT2D eigenvalue weighted by atomic mass is 9.95. The maximum Gasteiger partial charge on any atom is 0.0602 e. The van der Waals surface area contributed by atoms with Crippen LogP contribution in [0.15, 0.2) is 67.8 Å². The molecule has 0 bridgehead atoms. The standard InChI is InChI=1S/C22H30N2O.C2H4/c1-3-25-18-17-23-13-15-24(16-14-23)22(20-7-5-4-6-8-20)21-11-9-19(2)10-12-21;1-2/h4-12,22H,3,13-18H2,1-2H3;1-2H2. The minimum Gasteiger partial charge on any atom is -0.380 e. The monoisotopic (exact) mass is 366 g/mol. The van der Waals surface area contributed by atoms with Crippen LogP contribution in [-0.2, 0) is 4.74 Å². The van der Waals surface area contributed by atoms with Crippen LogP contribution in [0.1, 0.15) is 29.7 Å². The molecule has 1 aliphatic rings. The van der Waals surface area contributed by atoms with Gasteiger partial charge in [0.1, 0.15) is 0 Å². The summed E-state index contributed by atoms with van der Waals surface area (Å²) in [6.45, 7) is 17.3. The Morgan fingerprint density at radius 3 is 2.07 bits per heavy atom. The smallest absolute Gasteiger partial charge is 0.0602 e. The summed E-state index contributed by atoms with van der Waals surface area (Å²) in [5.74, 6) is 0. The van der Waals surface area contributed by atoms with Crippen molar-refractivity contribution in [1.82, 2.24) is 9.80 Å². The number of nitrogens with zero attached hydrogens (tertiary/aromatic N) is 2. The Morgan fingerprint density at radius 1 is 0.889 bits per heavy atom. The van der Waals surface area contributed by atoms with E-state index >= 15 is 0 Å². The Labute approximate surface area is 165 Å². The summed E-state index contributed by atoms with van der Waals surface area (Å²) in [5.41, 5.74) is 4.09. The van der Waals surface area contributed by atoms with Crippen molar-refractivity contribution in [3.63, 3.8) is 0 Å². The normalized spacial score (nSPS) is 16.4. The summed E-state index contributed by atoms with van der Waals surface area (Å²) in [5, 5.41) is 0. The largest absolute Gasteiger partial charge is 0.380 e. The van der Waals surface area contributed by atoms with E-state index in [0.29, 0.717) is 6.04 Å². The molecule has 1 saturated heterocycles. The fraction of sp³-hybridized carbons (Fsp3) is 0.417. The van der Waals surface area contributed by atoms with Gasteiger partial charge in [0.25, 0.3) is 0 Å². The molecule has 0 radical (unpaired) electrons. The van der Waals surface area contributed by atoms with Gasteiger partial charge >= 0.3 is 0 Å². The van der Waals surface area contributed by atoms with Crippen molar-refractivity contribution in [3.8, 4) is 0 Å². The zero-order chi connectivity index (χ0) is 19.5. The Balaban J connectivity index is 0.00000126. The average Bonchev–Trinajstić information content (AvgIpc) is 2.73. The van der Waals surface area contributed by atoms with Gasteiger partial charge in [0.15, 0.2) is 0 Å². The first-order valence-electron chi connectivity index (χ1n) is 9.93. The number of benzene rings is 2. The molecule has 2 aromatic rings. The van der Waals surface area contributed by atoms with E-state index in [4.69, 9.17) is 4.74 Å². The van der Waals surface area contributed by atoms with Crippen LogP contribution < -0.4 is 0 Å². The number of piperazine rings is 1. The first-order valence-corrected chi connectivity index (χ1v) is 9.93. The second-order valence-electron chi connectivity index (χ2n) is 6.80. The third kappa shape index (κ3) is 6.31. The van der Waals surface area contributed by atoms with Crippen molar-refractivity contribution >= 4 is 0 Å². The number of hydrogen-bond donors (Lipinski definition) is 0. The van der Waals surface area contributed by atoms with Crippen LogP contribution >= 0.6 is 0 Å². The Kier molecular flexibility index (Phi) is 9.26. The van der Waals surface area contributed by atoms with Crippen LogP contribution in [-0.4, -0.2) is 55.7 Å². The topological polar surface area (TPSA) is 15.7 Å². The van der Waals surface area contributed by atoms with Gasteiger partial charge in [-0.25, -0.2) is 0 Å². The fourth-order valence-electron chi connectivity index (χ4n) is 3.58. The molecule has 0 amide bonds. The van der Waals surface area contributed by atoms with Crippen LogP contribution in [0.5, 0.6) is 0 Å². The van der Waals surface area contributed by atoms with Crippen molar-refractivity contribution in [2.24, 2.45) is 0 Å². The molecule has 146 valence electrons. The lowest BCUT2D eigenvalue weighted by Crippen LogP contribution is -2.48. The summed E-state index contributed by atoms with van der Waals surface area (Å²) in [6, 6.07) is 20.3. The van der Waals surface area contributed by atoms with Gasteiger partial charge in [-0.3, -0.25) is 9.80 Å². The molecule has 3 nitrogen and oxygen atoms in total. The lowest BCUT2D eigenvalue weighted by molar-refractivity contribution is 0.0709. The minimum absolute atomic E-state index is 0.343. The predicted molar refractivity (Wildman–Crippen MR) is 115 cm³/mol. The predicted octanol–water partition coefficient (Wildman–Crippen LogP) is 4.54. The highest BCUT2D eigenvalue weighted by Crippen LogP contribution is 2.29. The molecular formula is C24H34N2O. The van der Waals surface area contributed by atoms with Gasteiger partial charge in [0.2, 0.25) is 0 Å². The van der Waals surface area contributed by atoms with Crippen LogP contribution in [0.3, 0.4) is 0 Å². The SMILES string of the molecule is C=C.CCOCCN1CCN(C(c2ccccc2)c2ccc(C)cc2)CC1. The van der Waals surface area contributed by atoms with E-state index in [-0.39, 0.29) is 0 Å². The van der Waals surface area contributed by atoms with Crippen LogP contribution in [0.2, 0.25) is 0 Å². The molecule has 27 heavy (non-hydrogen) atoms. The third-order valence-electron chi connectivity index (χ3n) is 5.04. The second kappa shape index (κ2) is 11.7. The molecule has 0 aliphatic carbocycles. The number of rotatable bonds is 7. The van der Waals surface area contributed by atoms with Gasteiger partial charge in [0.05, 0.1) is 12.6 Å². The lowest BCUT2D eigenvalue weighted by Gasteiger charge is -2.39. The quantitative estimate of drug-likeness (QED) is 0.528. The molecule has 2 aromatic carbocycles. The van der Waals surface area contributed by atoms with Gasteiger partial charge in [-0.05, 0) is 25.0 Å². The van der Waals surface area contributed by atoms with Crippen LogP contribution in [0.25, 0.3) is 0 Å². The molecule has 0 spiro atoms. The highest BCUT2D eigenvalue weighted by Gasteiger charge is 2.26. The first-order chi connectivity index (χ1) is 13.3. The van der Waals surface area contributed by atoms with Gasteiger partial charge in [0, 0.05) is 39.3 Å². The number of hydrogen-bond acceptors (Lipinski definition) is 3. The molecule has 1 fully saturated rings. The zero-order valence-corrected chi connectivity index (χ0v) is 16.9. The van der Waals surface area contributed by atoms with E-state index in [1.54, 1.807) is 0 Å². The molecule has 1 atom stereocenters. The fourth-order valence-corrected chi connectivity index (χ4v) is 3.58. The second-order valence-corrected chi connectivity index (χ2v) is 6.80. The molecule has 1 unspecified atom stereocenters. The van der Waals surface area contributed by atoms with E-state index in [0.717, 1.165) is 45.9 Å². The van der Waals surface area contributed by atoms with Crippen molar-refractivity contribution in [2.75, 3.05) is 45.9 Å². The van der Waals surface area contributed by atoms with E-state index in [1.807, 2.05) is 0 Å². The van der Waals surface area contributed by atoms with Crippen LogP contribution in [0, 0.1) is 6.92 Å². The van der Waals surface area contributed by atoms with Gasteiger partial charge < -0.3 is 4.74 Å². The Bertz CT molecular complexity index is 633. The average molecular weight is 367 g/mol. The molecule has 1 heterocycles. The highest BCUT2D eigenvalue weighted by molar-refractivity contribution is 5.33. The third-order valence-corrected chi connectivity index (χ3v) is 5.04. The van der Waals surface area contributed by atoms with Gasteiger partial charge in [-0.1, -0.05) is 60.2 Å². The summed E-state index contributed by atoms with van der Waals surface area (Å²) in [6.07, 6.45) is 0. The summed E-state index contributed by atoms with van der Waals surface area (Å²) in [7, 11) is 0. The maximum atomic E-state index is 5.51. The Morgan fingerprint density at radius 2 is 1.48 bits per heavy atom. The molecular weight excluding hydrogens is 332 g/mol. The molecule has 0 N–H and O–H groups in total. The molecule has 1 aliphatic heterocycles. The van der Waals surface area contributed by atoms with Crippen molar-refractivity contribution in [2.45, 2.75) is 19.9 Å². The Hall–Kier alpha value is -1.94. The molecule has 0 aromatic heterocycles. The van der Waals surface area contributed by atoms with Crippen molar-refractivity contribution in [3.05, 3.63) is 84.4 Å². The van der Waals surface area contributed by atoms with Gasteiger partial charge in [-0.15, -0.1) is 13.2 Å². The first kappa shape index (κ1) is 21.4. The maximum absolute atomic E-state index is 5.51. The van der Waals surface area contributed by atoms with Crippen molar-refractivity contribution in [1.29, 1.82) is 0 Å². The number of ether oxygens (including phenoxy) is 1. The van der Waals surface area contributed by atoms with E-state index in [9.17, 15) is 0 Å². The molecule has 3 rings (SSSR count). The van der Waals surface area contributed by atoms with Crippen LogP contribution in [0.4, 0.5) is 0 Å². The van der Waals surface area contributed by atoms with E-state index in [2.05, 4.69) is 91.4 Å². The summed E-state index contributed by atoms with van der Waals surface area (Å²) >= 11 is 0. The summed E-state index contributed by atoms with van der Waals surface area (Å²) < 4.78 is 5.51. The molecule has 0 saturated carbocycles. The van der Waals surface area contributed by atoms with Gasteiger partial charge in [-0.2, -0.15) is 0 Å². The summed E-state index contributed by atoms with van der Waals surface area (Å²) in [4.78, 5) is 5.14. The van der Waals surface area contributed by atoms with E-state index < -0.39 is 0 Å². The highest BCUT2D eigenvalue weighted by atomic mass is 16.5. The molecule has 3 heteroatoms.